The number of carboxylic acids is 1. The van der Waals surface area contributed by atoms with E-state index in [0.29, 0.717) is 32.7 Å². The van der Waals surface area contributed by atoms with Crippen LogP contribution in [0, 0.1) is 11.8 Å². The number of piperidine rings is 1. The second-order valence-electron chi connectivity index (χ2n) is 5.76. The van der Waals surface area contributed by atoms with Crippen molar-refractivity contribution in [3.8, 4) is 5.75 Å². The monoisotopic (exact) mass is 321 g/mol. The van der Waals surface area contributed by atoms with Crippen LogP contribution in [-0.2, 0) is 14.3 Å². The SMILES string of the molecule is CC1CN(C(=O)COCCOc2ccccc2)CCC1C(=O)O. The summed E-state index contributed by atoms with van der Waals surface area (Å²) in [6.07, 6.45) is 0.499. The molecule has 1 N–H and O–H groups in total. The number of para-hydroxylation sites is 1. The van der Waals surface area contributed by atoms with Crippen LogP contribution in [0.1, 0.15) is 13.3 Å². The molecule has 2 atom stereocenters. The summed E-state index contributed by atoms with van der Waals surface area (Å²) in [5, 5.41) is 9.09. The molecule has 126 valence electrons. The number of benzene rings is 1. The average molecular weight is 321 g/mol. The van der Waals surface area contributed by atoms with Crippen molar-refractivity contribution >= 4 is 11.9 Å². The third-order valence-electron chi connectivity index (χ3n) is 4.04. The van der Waals surface area contributed by atoms with Crippen molar-refractivity contribution in [2.45, 2.75) is 13.3 Å². The molecule has 0 aliphatic carbocycles. The van der Waals surface area contributed by atoms with E-state index in [1.165, 1.54) is 0 Å². The standard InChI is InChI=1S/C17H23NO5/c1-13-11-18(8-7-15(13)17(20)21)16(19)12-22-9-10-23-14-5-3-2-4-6-14/h2-6,13,15H,7-12H2,1H3,(H,20,21). The highest BCUT2D eigenvalue weighted by molar-refractivity contribution is 5.78. The summed E-state index contributed by atoms with van der Waals surface area (Å²) in [4.78, 5) is 24.8. The predicted molar refractivity (Wildman–Crippen MR) is 84.2 cm³/mol. The number of hydrogen-bond acceptors (Lipinski definition) is 4. The van der Waals surface area contributed by atoms with Gasteiger partial charge in [-0.2, -0.15) is 0 Å². The van der Waals surface area contributed by atoms with Crippen molar-refractivity contribution < 1.29 is 24.2 Å². The Kier molecular flexibility index (Phi) is 6.40. The fourth-order valence-corrected chi connectivity index (χ4v) is 2.72. The molecule has 0 aromatic heterocycles. The number of hydrogen-bond donors (Lipinski definition) is 1. The Morgan fingerprint density at radius 3 is 2.65 bits per heavy atom. The highest BCUT2D eigenvalue weighted by atomic mass is 16.5. The normalized spacial score (nSPS) is 21.0. The highest BCUT2D eigenvalue weighted by Crippen LogP contribution is 2.23. The first kappa shape index (κ1) is 17.3. The lowest BCUT2D eigenvalue weighted by molar-refractivity contribution is -0.149. The van der Waals surface area contributed by atoms with E-state index in [4.69, 9.17) is 14.6 Å². The van der Waals surface area contributed by atoms with Crippen molar-refractivity contribution in [3.05, 3.63) is 30.3 Å². The van der Waals surface area contributed by atoms with Crippen molar-refractivity contribution in [1.29, 1.82) is 0 Å². The number of carbonyl (C=O) groups is 2. The van der Waals surface area contributed by atoms with Gasteiger partial charge in [-0.15, -0.1) is 0 Å². The number of aliphatic carboxylic acids is 1. The van der Waals surface area contributed by atoms with Gasteiger partial charge in [-0.1, -0.05) is 25.1 Å². The maximum absolute atomic E-state index is 12.1. The molecule has 6 nitrogen and oxygen atoms in total. The molecule has 23 heavy (non-hydrogen) atoms. The van der Waals surface area contributed by atoms with Gasteiger partial charge < -0.3 is 19.5 Å². The number of amides is 1. The van der Waals surface area contributed by atoms with Crippen molar-refractivity contribution in [3.63, 3.8) is 0 Å². The lowest BCUT2D eigenvalue weighted by atomic mass is 9.87. The third kappa shape index (κ3) is 5.25. The first-order valence-electron chi connectivity index (χ1n) is 7.84. The maximum atomic E-state index is 12.1. The molecule has 2 unspecified atom stereocenters. The summed E-state index contributed by atoms with van der Waals surface area (Å²) in [6.45, 7) is 3.54. The van der Waals surface area contributed by atoms with E-state index in [2.05, 4.69) is 0 Å². The topological polar surface area (TPSA) is 76.1 Å². The first-order valence-corrected chi connectivity index (χ1v) is 7.84. The molecular weight excluding hydrogens is 298 g/mol. The lowest BCUT2D eigenvalue weighted by Gasteiger charge is -2.34. The van der Waals surface area contributed by atoms with Crippen LogP contribution in [0.2, 0.25) is 0 Å². The molecule has 1 aliphatic rings. The van der Waals surface area contributed by atoms with Gasteiger partial charge in [0, 0.05) is 13.1 Å². The quantitative estimate of drug-likeness (QED) is 0.773. The fraction of sp³-hybridized carbons (Fsp3) is 0.529. The van der Waals surface area contributed by atoms with Crippen LogP contribution in [-0.4, -0.2) is 54.8 Å². The molecular formula is C17H23NO5. The molecule has 0 spiro atoms. The molecule has 6 heteroatoms. The summed E-state index contributed by atoms with van der Waals surface area (Å²) in [7, 11) is 0. The molecule has 1 aromatic carbocycles. The predicted octanol–water partition coefficient (Wildman–Crippen LogP) is 1.65. The molecule has 1 aromatic rings. The van der Waals surface area contributed by atoms with E-state index in [0.717, 1.165) is 5.75 Å². The summed E-state index contributed by atoms with van der Waals surface area (Å²) in [6, 6.07) is 9.41. The van der Waals surface area contributed by atoms with Gasteiger partial charge >= 0.3 is 5.97 Å². The van der Waals surface area contributed by atoms with Gasteiger partial charge in [0.15, 0.2) is 0 Å². The molecule has 1 saturated heterocycles. The number of carbonyl (C=O) groups excluding carboxylic acids is 1. The number of rotatable bonds is 7. The lowest BCUT2D eigenvalue weighted by Crippen LogP contribution is -2.46. The van der Waals surface area contributed by atoms with Crippen LogP contribution in [0.3, 0.4) is 0 Å². The van der Waals surface area contributed by atoms with Gasteiger partial charge in [0.1, 0.15) is 19.0 Å². The van der Waals surface area contributed by atoms with Gasteiger partial charge in [0.05, 0.1) is 12.5 Å². The fourth-order valence-electron chi connectivity index (χ4n) is 2.72. The van der Waals surface area contributed by atoms with E-state index in [1.807, 2.05) is 37.3 Å². The van der Waals surface area contributed by atoms with Gasteiger partial charge in [0.2, 0.25) is 5.91 Å². The highest BCUT2D eigenvalue weighted by Gasteiger charge is 2.32. The van der Waals surface area contributed by atoms with E-state index < -0.39 is 5.97 Å². The molecule has 2 rings (SSSR count). The Bertz CT molecular complexity index is 519. The van der Waals surface area contributed by atoms with E-state index in [-0.39, 0.29) is 24.3 Å². The number of carboxylic acid groups (broad SMARTS) is 1. The van der Waals surface area contributed by atoms with Crippen LogP contribution in [0.25, 0.3) is 0 Å². The second kappa shape index (κ2) is 8.53. The number of ether oxygens (including phenoxy) is 2. The van der Waals surface area contributed by atoms with E-state index >= 15 is 0 Å². The Hall–Kier alpha value is -2.08. The first-order chi connectivity index (χ1) is 11.1. The number of nitrogens with zero attached hydrogens (tertiary/aromatic N) is 1. The Morgan fingerprint density at radius 1 is 1.26 bits per heavy atom. The van der Waals surface area contributed by atoms with Gasteiger partial charge in [-0.25, -0.2) is 0 Å². The molecule has 1 heterocycles. The molecule has 1 amide bonds. The minimum absolute atomic E-state index is 0.00259. The number of likely N-dealkylation sites (tertiary alicyclic amines) is 1. The van der Waals surface area contributed by atoms with E-state index in [9.17, 15) is 9.59 Å². The smallest absolute Gasteiger partial charge is 0.306 e. The average Bonchev–Trinajstić information content (AvgIpc) is 2.55. The Balaban J connectivity index is 1.63. The van der Waals surface area contributed by atoms with Crippen molar-refractivity contribution in [2.24, 2.45) is 11.8 Å². The van der Waals surface area contributed by atoms with Crippen LogP contribution in [0.5, 0.6) is 5.75 Å². The molecule has 0 radical (unpaired) electrons. The minimum atomic E-state index is -0.779. The summed E-state index contributed by atoms with van der Waals surface area (Å²) in [5.41, 5.74) is 0. The molecule has 0 bridgehead atoms. The maximum Gasteiger partial charge on any atom is 0.306 e. The van der Waals surface area contributed by atoms with Gasteiger partial charge in [-0.3, -0.25) is 9.59 Å². The summed E-state index contributed by atoms with van der Waals surface area (Å²) < 4.78 is 10.8. The zero-order valence-corrected chi connectivity index (χ0v) is 13.3. The van der Waals surface area contributed by atoms with Crippen molar-refractivity contribution in [2.75, 3.05) is 32.9 Å². The molecule has 1 aliphatic heterocycles. The van der Waals surface area contributed by atoms with Crippen LogP contribution in [0.4, 0.5) is 0 Å². The Morgan fingerprint density at radius 2 is 2.00 bits per heavy atom. The summed E-state index contributed by atoms with van der Waals surface area (Å²) in [5.74, 6) is -0.503. The van der Waals surface area contributed by atoms with Crippen molar-refractivity contribution in [1.82, 2.24) is 4.90 Å². The van der Waals surface area contributed by atoms with Gasteiger partial charge in [0.25, 0.3) is 0 Å². The summed E-state index contributed by atoms with van der Waals surface area (Å²) >= 11 is 0. The van der Waals surface area contributed by atoms with Crippen LogP contribution in [0.15, 0.2) is 30.3 Å². The van der Waals surface area contributed by atoms with Crippen LogP contribution < -0.4 is 4.74 Å². The largest absolute Gasteiger partial charge is 0.491 e. The van der Waals surface area contributed by atoms with E-state index in [1.54, 1.807) is 4.90 Å². The molecule has 1 fully saturated rings. The third-order valence-corrected chi connectivity index (χ3v) is 4.04. The van der Waals surface area contributed by atoms with Crippen LogP contribution >= 0.6 is 0 Å². The Labute approximate surface area is 136 Å². The molecule has 0 saturated carbocycles. The zero-order valence-electron chi connectivity index (χ0n) is 13.3. The minimum Gasteiger partial charge on any atom is -0.491 e. The van der Waals surface area contributed by atoms with Gasteiger partial charge in [-0.05, 0) is 24.5 Å². The zero-order chi connectivity index (χ0) is 16.7. The second-order valence-corrected chi connectivity index (χ2v) is 5.76.